The Bertz CT molecular complexity index is 676. The fourth-order valence-electron chi connectivity index (χ4n) is 3.04. The molecule has 2 aromatic carbocycles. The van der Waals surface area contributed by atoms with E-state index < -0.39 is 0 Å². The van der Waals surface area contributed by atoms with E-state index in [4.69, 9.17) is 4.74 Å². The number of methoxy groups -OCH3 is 1. The summed E-state index contributed by atoms with van der Waals surface area (Å²) in [5, 5.41) is 3.40. The van der Waals surface area contributed by atoms with E-state index >= 15 is 0 Å². The lowest BCUT2D eigenvalue weighted by atomic mass is 10.1. The van der Waals surface area contributed by atoms with E-state index in [0.29, 0.717) is 13.0 Å². The quantitative estimate of drug-likeness (QED) is 0.884. The van der Waals surface area contributed by atoms with Gasteiger partial charge in [-0.25, -0.2) is 0 Å². The molecular weight excluding hydrogens is 300 g/mol. The van der Waals surface area contributed by atoms with Gasteiger partial charge in [-0.05, 0) is 36.6 Å². The molecule has 1 amide bonds. The highest BCUT2D eigenvalue weighted by Crippen LogP contribution is 2.19. The molecule has 126 valence electrons. The fraction of sp³-hybridized carbons (Fsp3) is 0.350. The van der Waals surface area contributed by atoms with Crippen LogP contribution in [-0.2, 0) is 17.8 Å². The predicted octanol–water partition coefficient (Wildman–Crippen LogP) is 3.47. The van der Waals surface area contributed by atoms with Gasteiger partial charge >= 0.3 is 0 Å². The maximum atomic E-state index is 12.2. The zero-order chi connectivity index (χ0) is 16.8. The second kappa shape index (κ2) is 7.86. The Labute approximate surface area is 143 Å². The number of rotatable bonds is 6. The Morgan fingerprint density at radius 1 is 1.08 bits per heavy atom. The molecule has 0 unspecified atom stereocenters. The van der Waals surface area contributed by atoms with Gasteiger partial charge in [0.25, 0.3) is 0 Å². The summed E-state index contributed by atoms with van der Waals surface area (Å²) in [6, 6.07) is 16.1. The topological polar surface area (TPSA) is 41.6 Å². The van der Waals surface area contributed by atoms with Gasteiger partial charge in [-0.1, -0.05) is 30.3 Å². The molecule has 0 spiro atoms. The van der Waals surface area contributed by atoms with Crippen LogP contribution in [0.1, 0.15) is 24.0 Å². The maximum Gasteiger partial charge on any atom is 0.226 e. The molecule has 24 heavy (non-hydrogen) atoms. The summed E-state index contributed by atoms with van der Waals surface area (Å²) in [5.74, 6) is 1.13. The van der Waals surface area contributed by atoms with Crippen molar-refractivity contribution in [2.75, 3.05) is 25.5 Å². The number of ether oxygens (including phenoxy) is 1. The van der Waals surface area contributed by atoms with Crippen molar-refractivity contribution in [3.8, 4) is 5.75 Å². The van der Waals surface area contributed by atoms with E-state index in [9.17, 15) is 4.79 Å². The number of nitrogens with zero attached hydrogens (tertiary/aromatic N) is 1. The molecule has 1 N–H and O–H groups in total. The molecule has 0 aliphatic carbocycles. The SMILES string of the molecule is COc1ccccc1CNc1ccc(CC(=O)N2CCCC2)cc1. The van der Waals surface area contributed by atoms with Gasteiger partial charge in [0, 0.05) is 30.9 Å². The summed E-state index contributed by atoms with van der Waals surface area (Å²) in [4.78, 5) is 14.1. The summed E-state index contributed by atoms with van der Waals surface area (Å²) in [5.41, 5.74) is 3.22. The molecule has 0 saturated carbocycles. The van der Waals surface area contributed by atoms with Crippen molar-refractivity contribution in [3.63, 3.8) is 0 Å². The Morgan fingerprint density at radius 2 is 1.79 bits per heavy atom. The number of amides is 1. The number of para-hydroxylation sites is 1. The average Bonchev–Trinajstić information content (AvgIpc) is 3.16. The maximum absolute atomic E-state index is 12.2. The normalized spacial score (nSPS) is 13.8. The van der Waals surface area contributed by atoms with Crippen LogP contribution in [0, 0.1) is 0 Å². The van der Waals surface area contributed by atoms with E-state index in [1.165, 1.54) is 0 Å². The van der Waals surface area contributed by atoms with E-state index in [2.05, 4.69) is 11.4 Å². The zero-order valence-corrected chi connectivity index (χ0v) is 14.1. The summed E-state index contributed by atoms with van der Waals surface area (Å²) in [6.07, 6.45) is 2.77. The average molecular weight is 324 g/mol. The van der Waals surface area contributed by atoms with Crippen molar-refractivity contribution in [2.45, 2.75) is 25.8 Å². The van der Waals surface area contributed by atoms with Crippen molar-refractivity contribution >= 4 is 11.6 Å². The second-order valence-corrected chi connectivity index (χ2v) is 6.13. The molecule has 3 rings (SSSR count). The van der Waals surface area contributed by atoms with Crippen LogP contribution < -0.4 is 10.1 Å². The van der Waals surface area contributed by atoms with Gasteiger partial charge in [-0.15, -0.1) is 0 Å². The summed E-state index contributed by atoms with van der Waals surface area (Å²) in [6.45, 7) is 2.53. The van der Waals surface area contributed by atoms with Gasteiger partial charge in [-0.3, -0.25) is 4.79 Å². The minimum Gasteiger partial charge on any atom is -0.496 e. The van der Waals surface area contributed by atoms with Crippen LogP contribution in [-0.4, -0.2) is 31.0 Å². The minimum atomic E-state index is 0.238. The van der Waals surface area contributed by atoms with Gasteiger partial charge in [0.15, 0.2) is 0 Å². The fourth-order valence-corrected chi connectivity index (χ4v) is 3.04. The van der Waals surface area contributed by atoms with Crippen LogP contribution >= 0.6 is 0 Å². The van der Waals surface area contributed by atoms with Gasteiger partial charge in [-0.2, -0.15) is 0 Å². The first-order valence-corrected chi connectivity index (χ1v) is 8.49. The first-order chi connectivity index (χ1) is 11.8. The number of nitrogens with one attached hydrogen (secondary N) is 1. The lowest BCUT2D eigenvalue weighted by molar-refractivity contribution is -0.129. The Morgan fingerprint density at radius 3 is 2.50 bits per heavy atom. The van der Waals surface area contributed by atoms with E-state index in [1.54, 1.807) is 7.11 Å². The summed E-state index contributed by atoms with van der Waals surface area (Å²) < 4.78 is 5.36. The molecule has 1 aliphatic rings. The molecule has 0 atom stereocenters. The number of anilines is 1. The Kier molecular flexibility index (Phi) is 5.36. The largest absolute Gasteiger partial charge is 0.496 e. The summed E-state index contributed by atoms with van der Waals surface area (Å²) >= 11 is 0. The van der Waals surface area contributed by atoms with Crippen molar-refractivity contribution in [1.29, 1.82) is 0 Å². The molecule has 0 bridgehead atoms. The van der Waals surface area contributed by atoms with E-state index in [1.807, 2.05) is 47.4 Å². The summed E-state index contributed by atoms with van der Waals surface area (Å²) in [7, 11) is 1.69. The van der Waals surface area contributed by atoms with Crippen LogP contribution in [0.2, 0.25) is 0 Å². The highest BCUT2D eigenvalue weighted by Gasteiger charge is 2.17. The van der Waals surface area contributed by atoms with Crippen LogP contribution in [0.4, 0.5) is 5.69 Å². The molecule has 4 nitrogen and oxygen atoms in total. The lowest BCUT2D eigenvalue weighted by Gasteiger charge is -2.15. The monoisotopic (exact) mass is 324 g/mol. The van der Waals surface area contributed by atoms with E-state index in [0.717, 1.165) is 48.5 Å². The smallest absolute Gasteiger partial charge is 0.226 e. The van der Waals surface area contributed by atoms with Crippen LogP contribution in [0.25, 0.3) is 0 Å². The number of likely N-dealkylation sites (tertiary alicyclic amines) is 1. The number of hydrogen-bond donors (Lipinski definition) is 1. The van der Waals surface area contributed by atoms with Gasteiger partial charge in [0.05, 0.1) is 13.5 Å². The van der Waals surface area contributed by atoms with Crippen molar-refractivity contribution in [2.24, 2.45) is 0 Å². The van der Waals surface area contributed by atoms with Crippen molar-refractivity contribution in [1.82, 2.24) is 4.90 Å². The number of carbonyl (C=O) groups excluding carboxylic acids is 1. The van der Waals surface area contributed by atoms with Gasteiger partial charge < -0.3 is 15.0 Å². The first-order valence-electron chi connectivity index (χ1n) is 8.49. The van der Waals surface area contributed by atoms with Crippen molar-refractivity contribution in [3.05, 3.63) is 59.7 Å². The third-order valence-electron chi connectivity index (χ3n) is 4.44. The Balaban J connectivity index is 1.55. The first kappa shape index (κ1) is 16.4. The Hall–Kier alpha value is -2.49. The molecule has 0 aromatic heterocycles. The number of hydrogen-bond acceptors (Lipinski definition) is 3. The highest BCUT2D eigenvalue weighted by molar-refractivity contribution is 5.79. The third-order valence-corrected chi connectivity index (χ3v) is 4.44. The molecule has 1 aliphatic heterocycles. The van der Waals surface area contributed by atoms with Gasteiger partial charge in [0.1, 0.15) is 5.75 Å². The molecule has 0 radical (unpaired) electrons. The highest BCUT2D eigenvalue weighted by atomic mass is 16.5. The number of benzene rings is 2. The number of carbonyl (C=O) groups is 1. The van der Waals surface area contributed by atoms with Crippen molar-refractivity contribution < 1.29 is 9.53 Å². The molecule has 1 saturated heterocycles. The lowest BCUT2D eigenvalue weighted by Crippen LogP contribution is -2.29. The molecular formula is C20H24N2O2. The molecule has 1 fully saturated rings. The third kappa shape index (κ3) is 4.07. The van der Waals surface area contributed by atoms with Gasteiger partial charge in [0.2, 0.25) is 5.91 Å². The van der Waals surface area contributed by atoms with Crippen LogP contribution in [0.15, 0.2) is 48.5 Å². The van der Waals surface area contributed by atoms with Crippen LogP contribution in [0.5, 0.6) is 5.75 Å². The molecule has 1 heterocycles. The predicted molar refractivity (Wildman–Crippen MR) is 96.3 cm³/mol. The zero-order valence-electron chi connectivity index (χ0n) is 14.1. The van der Waals surface area contributed by atoms with E-state index in [-0.39, 0.29) is 5.91 Å². The second-order valence-electron chi connectivity index (χ2n) is 6.13. The molecule has 2 aromatic rings. The standard InChI is InChI=1S/C20H24N2O2/c1-24-19-7-3-2-6-17(19)15-21-18-10-8-16(9-11-18)14-20(23)22-12-4-5-13-22/h2-3,6-11,21H,4-5,12-15H2,1H3. The van der Waals surface area contributed by atoms with Crippen LogP contribution in [0.3, 0.4) is 0 Å². The molecule has 4 heteroatoms. The minimum absolute atomic E-state index is 0.238.